The Morgan fingerprint density at radius 2 is 1.86 bits per heavy atom. The van der Waals surface area contributed by atoms with E-state index >= 15 is 0 Å². The SMILES string of the molecule is FC(F)(F)c1cc2c(NCc3ccc(Cl)c(Cl)c3)nc(-c3cnccn3)nc2s1. The van der Waals surface area contributed by atoms with Gasteiger partial charge >= 0.3 is 6.18 Å². The predicted octanol–water partition coefficient (Wildman–Crippen LogP) is 6.09. The van der Waals surface area contributed by atoms with Gasteiger partial charge in [0.15, 0.2) is 5.82 Å². The fourth-order valence-corrected chi connectivity index (χ4v) is 3.78. The highest BCUT2D eigenvalue weighted by Gasteiger charge is 2.33. The van der Waals surface area contributed by atoms with Crippen molar-refractivity contribution in [3.8, 4) is 11.5 Å². The average molecular weight is 456 g/mol. The molecular formula is C18H10Cl2F3N5S. The molecule has 5 nitrogen and oxygen atoms in total. The van der Waals surface area contributed by atoms with Crippen molar-refractivity contribution in [2.45, 2.75) is 12.7 Å². The predicted molar refractivity (Wildman–Crippen MR) is 107 cm³/mol. The number of aromatic nitrogens is 4. The Balaban J connectivity index is 1.77. The highest BCUT2D eigenvalue weighted by molar-refractivity contribution is 7.18. The number of thiophene rings is 1. The van der Waals surface area contributed by atoms with E-state index in [0.717, 1.165) is 11.6 Å². The summed E-state index contributed by atoms with van der Waals surface area (Å²) in [5, 5.41) is 4.13. The molecule has 0 amide bonds. The number of fused-ring (bicyclic) bond motifs is 1. The molecule has 3 heterocycles. The van der Waals surface area contributed by atoms with Crippen LogP contribution in [0.5, 0.6) is 0 Å². The van der Waals surface area contributed by atoms with E-state index in [9.17, 15) is 13.2 Å². The molecule has 0 fully saturated rings. The zero-order valence-electron chi connectivity index (χ0n) is 14.3. The first-order valence-corrected chi connectivity index (χ1v) is 9.71. The van der Waals surface area contributed by atoms with Crippen molar-refractivity contribution in [2.75, 3.05) is 5.32 Å². The number of hydrogen-bond acceptors (Lipinski definition) is 6. The summed E-state index contributed by atoms with van der Waals surface area (Å²) < 4.78 is 39.6. The van der Waals surface area contributed by atoms with Crippen LogP contribution in [0, 0.1) is 0 Å². The van der Waals surface area contributed by atoms with Gasteiger partial charge in [0.2, 0.25) is 0 Å². The minimum atomic E-state index is -4.47. The molecule has 11 heteroatoms. The molecule has 0 bridgehead atoms. The summed E-state index contributed by atoms with van der Waals surface area (Å²) in [5.41, 5.74) is 1.15. The third-order valence-corrected chi connectivity index (χ3v) is 5.72. The first-order valence-electron chi connectivity index (χ1n) is 8.14. The van der Waals surface area contributed by atoms with E-state index in [1.807, 2.05) is 0 Å². The molecule has 1 N–H and O–H groups in total. The molecule has 4 aromatic rings. The van der Waals surface area contributed by atoms with E-state index in [2.05, 4.69) is 25.3 Å². The summed E-state index contributed by atoms with van der Waals surface area (Å²) in [4.78, 5) is 16.2. The van der Waals surface area contributed by atoms with Crippen LogP contribution in [0.1, 0.15) is 10.4 Å². The molecule has 0 radical (unpaired) electrons. The molecule has 0 saturated heterocycles. The summed E-state index contributed by atoms with van der Waals surface area (Å²) >= 11 is 12.5. The van der Waals surface area contributed by atoms with Gasteiger partial charge in [0.1, 0.15) is 21.2 Å². The number of benzene rings is 1. The van der Waals surface area contributed by atoms with Crippen LogP contribution in [0.15, 0.2) is 42.9 Å². The van der Waals surface area contributed by atoms with E-state index in [1.54, 1.807) is 18.2 Å². The van der Waals surface area contributed by atoms with Crippen molar-refractivity contribution < 1.29 is 13.2 Å². The maximum atomic E-state index is 13.2. The summed E-state index contributed by atoms with van der Waals surface area (Å²) in [5.74, 6) is 0.436. The van der Waals surface area contributed by atoms with E-state index in [4.69, 9.17) is 23.2 Å². The number of anilines is 1. The molecule has 0 aliphatic heterocycles. The zero-order chi connectivity index (χ0) is 20.6. The summed E-state index contributed by atoms with van der Waals surface area (Å²) in [6.45, 7) is 0.278. The van der Waals surface area contributed by atoms with Gasteiger partial charge in [0.25, 0.3) is 0 Å². The zero-order valence-corrected chi connectivity index (χ0v) is 16.7. The van der Waals surface area contributed by atoms with Crippen molar-refractivity contribution in [1.82, 2.24) is 19.9 Å². The molecule has 0 aliphatic rings. The van der Waals surface area contributed by atoms with Gasteiger partial charge in [-0.25, -0.2) is 15.0 Å². The second-order valence-electron chi connectivity index (χ2n) is 5.92. The molecule has 0 atom stereocenters. The van der Waals surface area contributed by atoms with Crippen molar-refractivity contribution in [3.05, 3.63) is 63.3 Å². The largest absolute Gasteiger partial charge is 0.425 e. The molecule has 0 saturated carbocycles. The summed E-state index contributed by atoms with van der Waals surface area (Å²) in [6, 6.07) is 6.12. The van der Waals surface area contributed by atoms with E-state index in [-0.39, 0.29) is 28.4 Å². The lowest BCUT2D eigenvalue weighted by molar-refractivity contribution is -0.134. The van der Waals surface area contributed by atoms with Crippen LogP contribution in [0.3, 0.4) is 0 Å². The smallest absolute Gasteiger partial charge is 0.365 e. The number of rotatable bonds is 4. The second kappa shape index (κ2) is 7.74. The van der Waals surface area contributed by atoms with Crippen LogP contribution >= 0.6 is 34.5 Å². The molecule has 4 rings (SSSR count). The minimum absolute atomic E-state index is 0.179. The van der Waals surface area contributed by atoms with Gasteiger partial charge in [-0.15, -0.1) is 11.3 Å². The van der Waals surface area contributed by atoms with Gasteiger partial charge in [-0.05, 0) is 23.8 Å². The third kappa shape index (κ3) is 4.26. The number of alkyl halides is 3. The normalized spacial score (nSPS) is 11.8. The maximum absolute atomic E-state index is 13.2. The molecule has 29 heavy (non-hydrogen) atoms. The van der Waals surface area contributed by atoms with Crippen molar-refractivity contribution in [2.24, 2.45) is 0 Å². The van der Waals surface area contributed by atoms with Crippen molar-refractivity contribution in [3.63, 3.8) is 0 Å². The number of halogens is 5. The number of hydrogen-bond donors (Lipinski definition) is 1. The lowest BCUT2D eigenvalue weighted by atomic mass is 10.2. The van der Waals surface area contributed by atoms with Gasteiger partial charge in [0.05, 0.1) is 21.6 Å². The second-order valence-corrected chi connectivity index (χ2v) is 7.76. The number of nitrogens with zero attached hydrogens (tertiary/aromatic N) is 4. The monoisotopic (exact) mass is 455 g/mol. The molecule has 0 spiro atoms. The van der Waals surface area contributed by atoms with Crippen LogP contribution in [0.4, 0.5) is 19.0 Å². The quantitative estimate of drug-likeness (QED) is 0.403. The molecule has 0 unspecified atom stereocenters. The van der Waals surface area contributed by atoms with Gasteiger partial charge in [-0.3, -0.25) is 4.98 Å². The number of nitrogens with one attached hydrogen (secondary N) is 1. The molecule has 1 aromatic carbocycles. The van der Waals surface area contributed by atoms with Crippen LogP contribution in [-0.4, -0.2) is 19.9 Å². The van der Waals surface area contributed by atoms with Gasteiger partial charge in [-0.2, -0.15) is 13.2 Å². The third-order valence-electron chi connectivity index (χ3n) is 3.91. The van der Waals surface area contributed by atoms with Crippen LogP contribution < -0.4 is 5.32 Å². The summed E-state index contributed by atoms with van der Waals surface area (Å²) in [6.07, 6.45) is -0.0825. The lowest BCUT2D eigenvalue weighted by Gasteiger charge is -2.09. The molecule has 3 aromatic heterocycles. The Labute approximate surface area is 176 Å². The average Bonchev–Trinajstić information content (AvgIpc) is 3.14. The Bertz CT molecular complexity index is 1180. The highest BCUT2D eigenvalue weighted by Crippen LogP contribution is 2.40. The Hall–Kier alpha value is -2.49. The lowest BCUT2D eigenvalue weighted by Crippen LogP contribution is -2.04. The van der Waals surface area contributed by atoms with Gasteiger partial charge in [-0.1, -0.05) is 29.3 Å². The Kier molecular flexibility index (Phi) is 5.28. The van der Waals surface area contributed by atoms with E-state index < -0.39 is 11.1 Å². The Morgan fingerprint density at radius 1 is 1.03 bits per heavy atom. The van der Waals surface area contributed by atoms with Crippen LogP contribution in [-0.2, 0) is 12.7 Å². The fraction of sp³-hybridized carbons (Fsp3) is 0.111. The molecule has 148 valence electrons. The van der Waals surface area contributed by atoms with Crippen LogP contribution in [0.25, 0.3) is 21.7 Å². The van der Waals surface area contributed by atoms with Crippen molar-refractivity contribution in [1.29, 1.82) is 0 Å². The maximum Gasteiger partial charge on any atom is 0.425 e. The van der Waals surface area contributed by atoms with E-state index in [0.29, 0.717) is 27.1 Å². The highest BCUT2D eigenvalue weighted by atomic mass is 35.5. The molecule has 0 aliphatic carbocycles. The standard InChI is InChI=1S/C18H10Cl2F3N5S/c19-11-2-1-9(5-12(11)20)7-26-15-10-6-14(18(21,22)23)29-17(10)28-16(27-15)13-8-24-3-4-25-13/h1-6,8H,7H2,(H,26,27,28). The molecular weight excluding hydrogens is 446 g/mol. The van der Waals surface area contributed by atoms with Gasteiger partial charge < -0.3 is 5.32 Å². The fourth-order valence-electron chi connectivity index (χ4n) is 2.56. The first kappa shape index (κ1) is 19.8. The van der Waals surface area contributed by atoms with Crippen LogP contribution in [0.2, 0.25) is 10.0 Å². The van der Waals surface area contributed by atoms with Crippen molar-refractivity contribution >= 4 is 50.6 Å². The first-order chi connectivity index (χ1) is 13.8. The summed E-state index contributed by atoms with van der Waals surface area (Å²) in [7, 11) is 0. The Morgan fingerprint density at radius 3 is 2.55 bits per heavy atom. The topological polar surface area (TPSA) is 63.6 Å². The van der Waals surface area contributed by atoms with E-state index in [1.165, 1.54) is 18.6 Å². The van der Waals surface area contributed by atoms with Gasteiger partial charge in [0, 0.05) is 18.9 Å². The minimum Gasteiger partial charge on any atom is -0.365 e.